The minimum atomic E-state index is 0.0763. The first-order valence-corrected chi connectivity index (χ1v) is 12.4. The molecule has 0 aromatic heterocycles. The molecule has 0 radical (unpaired) electrons. The average Bonchev–Trinajstić information content (AvgIpc) is 2.85. The highest BCUT2D eigenvalue weighted by Crippen LogP contribution is 2.29. The van der Waals surface area contributed by atoms with Gasteiger partial charge in [-0.25, -0.2) is 0 Å². The highest BCUT2D eigenvalue weighted by Gasteiger charge is 2.17. The van der Waals surface area contributed by atoms with Crippen LogP contribution in [0.1, 0.15) is 39.5 Å². The SMILES string of the molecule is COCOc1c(Cc2ccccc2)cc(Cc2ccccc2)cc1Pc1ccccc1C(C)=O. The molecule has 0 saturated heterocycles. The Morgan fingerprint density at radius 1 is 0.735 bits per heavy atom. The van der Waals surface area contributed by atoms with Crippen molar-refractivity contribution in [3.05, 3.63) is 125 Å². The minimum Gasteiger partial charge on any atom is -0.467 e. The van der Waals surface area contributed by atoms with Crippen LogP contribution in [0.5, 0.6) is 5.75 Å². The third-order valence-electron chi connectivity index (χ3n) is 5.61. The van der Waals surface area contributed by atoms with Crippen LogP contribution in [0.15, 0.2) is 97.1 Å². The Labute approximate surface area is 203 Å². The maximum Gasteiger partial charge on any atom is 0.188 e. The van der Waals surface area contributed by atoms with Crippen molar-refractivity contribution in [2.45, 2.75) is 19.8 Å². The van der Waals surface area contributed by atoms with Crippen LogP contribution in [0.4, 0.5) is 0 Å². The van der Waals surface area contributed by atoms with Gasteiger partial charge in [-0.3, -0.25) is 4.79 Å². The molecule has 0 spiro atoms. The highest BCUT2D eigenvalue weighted by atomic mass is 31.1. The summed E-state index contributed by atoms with van der Waals surface area (Å²) < 4.78 is 11.4. The second-order valence-electron chi connectivity index (χ2n) is 8.23. The molecule has 172 valence electrons. The van der Waals surface area contributed by atoms with Gasteiger partial charge in [0, 0.05) is 24.4 Å². The first-order valence-electron chi connectivity index (χ1n) is 11.4. The lowest BCUT2D eigenvalue weighted by atomic mass is 9.98. The number of hydrogen-bond acceptors (Lipinski definition) is 3. The summed E-state index contributed by atoms with van der Waals surface area (Å²) in [6, 6.07) is 33.2. The van der Waals surface area contributed by atoms with E-state index in [2.05, 4.69) is 60.7 Å². The Hall–Kier alpha value is -3.26. The third-order valence-corrected chi connectivity index (χ3v) is 6.96. The van der Waals surface area contributed by atoms with Crippen molar-refractivity contribution in [3.63, 3.8) is 0 Å². The molecule has 0 saturated carbocycles. The maximum absolute atomic E-state index is 12.3. The number of carbonyl (C=O) groups is 1. The fraction of sp³-hybridized carbons (Fsp3) is 0.167. The van der Waals surface area contributed by atoms with Gasteiger partial charge in [0.1, 0.15) is 5.75 Å². The molecule has 34 heavy (non-hydrogen) atoms. The van der Waals surface area contributed by atoms with Crippen molar-refractivity contribution in [2.24, 2.45) is 0 Å². The summed E-state index contributed by atoms with van der Waals surface area (Å²) >= 11 is 0. The summed E-state index contributed by atoms with van der Waals surface area (Å²) in [6.07, 6.45) is 1.59. The second-order valence-corrected chi connectivity index (χ2v) is 9.56. The average molecular weight is 469 g/mol. The summed E-state index contributed by atoms with van der Waals surface area (Å²) in [6.45, 7) is 1.80. The lowest BCUT2D eigenvalue weighted by Crippen LogP contribution is -2.17. The molecule has 0 aliphatic carbocycles. The molecule has 0 amide bonds. The molecule has 0 aliphatic rings. The van der Waals surface area contributed by atoms with E-state index in [1.54, 1.807) is 14.0 Å². The summed E-state index contributed by atoms with van der Waals surface area (Å²) in [7, 11) is 1.92. The first kappa shape index (κ1) is 23.9. The quantitative estimate of drug-likeness (QED) is 0.171. The lowest BCUT2D eigenvalue weighted by molar-refractivity contribution is 0.0513. The van der Waals surface area contributed by atoms with Crippen LogP contribution in [0.2, 0.25) is 0 Å². The number of benzene rings is 4. The minimum absolute atomic E-state index is 0.0763. The molecule has 3 nitrogen and oxygen atoms in total. The largest absolute Gasteiger partial charge is 0.467 e. The molecule has 0 heterocycles. The molecule has 4 heteroatoms. The Morgan fingerprint density at radius 3 is 2.00 bits per heavy atom. The summed E-state index contributed by atoms with van der Waals surface area (Å²) in [4.78, 5) is 12.3. The fourth-order valence-electron chi connectivity index (χ4n) is 4.06. The molecule has 0 N–H and O–H groups in total. The first-order chi connectivity index (χ1) is 16.6. The van der Waals surface area contributed by atoms with Gasteiger partial charge in [-0.15, -0.1) is 0 Å². The number of hydrogen-bond donors (Lipinski definition) is 0. The predicted molar refractivity (Wildman–Crippen MR) is 141 cm³/mol. The van der Waals surface area contributed by atoms with Gasteiger partial charge in [0.2, 0.25) is 0 Å². The van der Waals surface area contributed by atoms with Crippen molar-refractivity contribution >= 4 is 25.0 Å². The van der Waals surface area contributed by atoms with E-state index in [9.17, 15) is 4.79 Å². The smallest absolute Gasteiger partial charge is 0.188 e. The second kappa shape index (κ2) is 11.7. The van der Waals surface area contributed by atoms with E-state index in [0.717, 1.165) is 40.3 Å². The number of methoxy groups -OCH3 is 1. The lowest BCUT2D eigenvalue weighted by Gasteiger charge is -2.19. The van der Waals surface area contributed by atoms with Gasteiger partial charge < -0.3 is 9.47 Å². The van der Waals surface area contributed by atoms with Crippen LogP contribution in [0.25, 0.3) is 0 Å². The van der Waals surface area contributed by atoms with Crippen molar-refractivity contribution in [3.8, 4) is 5.75 Å². The third kappa shape index (κ3) is 6.20. The Balaban J connectivity index is 1.81. The predicted octanol–water partition coefficient (Wildman–Crippen LogP) is 5.68. The maximum atomic E-state index is 12.3. The van der Waals surface area contributed by atoms with Crippen LogP contribution in [-0.4, -0.2) is 19.7 Å². The number of rotatable bonds is 10. The van der Waals surface area contributed by atoms with Crippen molar-refractivity contribution in [2.75, 3.05) is 13.9 Å². The summed E-state index contributed by atoms with van der Waals surface area (Å²) in [5, 5.41) is 2.12. The topological polar surface area (TPSA) is 35.5 Å². The molecular weight excluding hydrogens is 439 g/mol. The molecule has 1 unspecified atom stereocenters. The van der Waals surface area contributed by atoms with Crippen LogP contribution in [-0.2, 0) is 17.6 Å². The van der Waals surface area contributed by atoms with Gasteiger partial charge in [0.15, 0.2) is 12.6 Å². The van der Waals surface area contributed by atoms with Gasteiger partial charge in [-0.2, -0.15) is 0 Å². The van der Waals surface area contributed by atoms with Crippen LogP contribution >= 0.6 is 8.58 Å². The molecule has 0 aliphatic heterocycles. The molecule has 1 atom stereocenters. The number of ether oxygens (including phenoxy) is 2. The van der Waals surface area contributed by atoms with E-state index >= 15 is 0 Å². The van der Waals surface area contributed by atoms with Gasteiger partial charge in [0.05, 0.1) is 0 Å². The van der Waals surface area contributed by atoms with Crippen LogP contribution in [0.3, 0.4) is 0 Å². The van der Waals surface area contributed by atoms with E-state index in [1.165, 1.54) is 16.7 Å². The molecule has 4 rings (SSSR count). The van der Waals surface area contributed by atoms with Gasteiger partial charge in [-0.1, -0.05) is 99.6 Å². The monoisotopic (exact) mass is 468 g/mol. The standard InChI is InChI=1S/C30H29O3P/c1-22(31)27-15-9-10-16-28(27)34-29-20-25(17-23-11-5-3-6-12-23)19-26(30(29)33-21-32-2)18-24-13-7-4-8-14-24/h3-16,19-20,34H,17-18,21H2,1-2H3. The summed E-state index contributed by atoms with van der Waals surface area (Å²) in [5.41, 5.74) is 5.60. The van der Waals surface area contributed by atoms with E-state index in [4.69, 9.17) is 9.47 Å². The van der Waals surface area contributed by atoms with Crippen LogP contribution < -0.4 is 15.3 Å². The molecule has 0 fully saturated rings. The zero-order chi connectivity index (χ0) is 23.8. The fourth-order valence-corrected chi connectivity index (χ4v) is 5.53. The van der Waals surface area contributed by atoms with E-state index < -0.39 is 0 Å². The zero-order valence-electron chi connectivity index (χ0n) is 19.6. The van der Waals surface area contributed by atoms with Gasteiger partial charge >= 0.3 is 0 Å². The van der Waals surface area contributed by atoms with Gasteiger partial charge in [-0.05, 0) is 47.0 Å². The highest BCUT2D eigenvalue weighted by molar-refractivity contribution is 7.56. The summed E-state index contributed by atoms with van der Waals surface area (Å²) in [5.74, 6) is 0.923. The molecule has 4 aromatic rings. The van der Waals surface area contributed by atoms with E-state index in [0.29, 0.717) is 8.58 Å². The van der Waals surface area contributed by atoms with Crippen molar-refractivity contribution in [1.29, 1.82) is 0 Å². The van der Waals surface area contributed by atoms with Crippen molar-refractivity contribution in [1.82, 2.24) is 0 Å². The molecule has 4 aromatic carbocycles. The van der Waals surface area contributed by atoms with E-state index in [1.807, 2.05) is 36.4 Å². The number of ketones is 1. The van der Waals surface area contributed by atoms with Crippen molar-refractivity contribution < 1.29 is 14.3 Å². The zero-order valence-corrected chi connectivity index (χ0v) is 20.6. The van der Waals surface area contributed by atoms with Gasteiger partial charge in [0.25, 0.3) is 0 Å². The normalized spacial score (nSPS) is 11.1. The van der Waals surface area contributed by atoms with E-state index in [-0.39, 0.29) is 12.6 Å². The molecular formula is C30H29O3P. The number of carbonyl (C=O) groups excluding carboxylic acids is 1. The number of Topliss-reactive ketones (excluding diaryl/α,β-unsaturated/α-hetero) is 1. The van der Waals surface area contributed by atoms with Crippen LogP contribution in [0, 0.1) is 0 Å². The Kier molecular flexibility index (Phi) is 8.25. The molecule has 0 bridgehead atoms. The Morgan fingerprint density at radius 2 is 1.35 bits per heavy atom. The Bertz CT molecular complexity index is 1240.